The first kappa shape index (κ1) is 14.3. The van der Waals surface area contributed by atoms with Gasteiger partial charge >= 0.3 is 0 Å². The van der Waals surface area contributed by atoms with E-state index in [0.29, 0.717) is 29.6 Å². The Morgan fingerprint density at radius 1 is 1.35 bits per heavy atom. The highest BCUT2D eigenvalue weighted by Crippen LogP contribution is 2.34. The highest BCUT2D eigenvalue weighted by Gasteiger charge is 2.09. The quantitative estimate of drug-likeness (QED) is 0.880. The summed E-state index contributed by atoms with van der Waals surface area (Å²) in [5.74, 6) is 1.64. The largest absolute Gasteiger partial charge is 0.503 e. The Morgan fingerprint density at radius 2 is 2.00 bits per heavy atom. The van der Waals surface area contributed by atoms with E-state index in [1.165, 1.54) is 0 Å². The Morgan fingerprint density at radius 3 is 2.60 bits per heavy atom. The van der Waals surface area contributed by atoms with E-state index >= 15 is 0 Å². The van der Waals surface area contributed by atoms with Crippen LogP contribution in [-0.4, -0.2) is 32.8 Å². The molecule has 2 rings (SSSR count). The van der Waals surface area contributed by atoms with Crippen molar-refractivity contribution in [1.29, 1.82) is 0 Å². The zero-order valence-electron chi connectivity index (χ0n) is 11.5. The second kappa shape index (κ2) is 5.92. The van der Waals surface area contributed by atoms with Crippen molar-refractivity contribution in [2.75, 3.05) is 6.61 Å². The fourth-order valence-corrected chi connectivity index (χ4v) is 1.91. The van der Waals surface area contributed by atoms with E-state index in [-0.39, 0.29) is 10.8 Å². The molecule has 0 saturated carbocycles. The summed E-state index contributed by atoms with van der Waals surface area (Å²) in [4.78, 5) is 0. The van der Waals surface area contributed by atoms with Crippen molar-refractivity contribution in [3.05, 3.63) is 34.4 Å². The Bertz CT molecular complexity index is 633. The number of aromatic nitrogens is 3. The highest BCUT2D eigenvalue weighted by atomic mass is 35.5. The van der Waals surface area contributed by atoms with Crippen LogP contribution in [0.15, 0.2) is 17.2 Å². The molecule has 20 heavy (non-hydrogen) atoms. The van der Waals surface area contributed by atoms with Gasteiger partial charge in [0.15, 0.2) is 23.1 Å². The van der Waals surface area contributed by atoms with Gasteiger partial charge in [-0.15, -0.1) is 10.2 Å². The third kappa shape index (κ3) is 2.91. The second-order valence-electron chi connectivity index (χ2n) is 4.13. The van der Waals surface area contributed by atoms with Crippen molar-refractivity contribution in [3.63, 3.8) is 0 Å². The van der Waals surface area contributed by atoms with Gasteiger partial charge in [0.2, 0.25) is 0 Å². The van der Waals surface area contributed by atoms with E-state index in [0.717, 1.165) is 0 Å². The maximum atomic E-state index is 9.77. The van der Waals surface area contributed by atoms with E-state index in [9.17, 15) is 5.11 Å². The number of aromatic hydroxyl groups is 1. The van der Waals surface area contributed by atoms with Crippen molar-refractivity contribution >= 4 is 17.8 Å². The van der Waals surface area contributed by atoms with Crippen LogP contribution in [0.25, 0.3) is 0 Å². The standard InChI is InChI=1S/C13H15ClN4O2/c1-4-20-12-6-10(5-11(14)13(12)19)7-15-18-8(2)16-17-9(18)3/h5-7,19H,4H2,1-3H3/b15-7+. The van der Waals surface area contributed by atoms with Gasteiger partial charge < -0.3 is 9.84 Å². The zero-order valence-corrected chi connectivity index (χ0v) is 12.2. The molecule has 2 aromatic rings. The summed E-state index contributed by atoms with van der Waals surface area (Å²) in [6, 6.07) is 3.28. The molecule has 0 bridgehead atoms. The second-order valence-corrected chi connectivity index (χ2v) is 4.54. The molecule has 0 unspecified atom stereocenters. The van der Waals surface area contributed by atoms with Gasteiger partial charge in [0.25, 0.3) is 0 Å². The van der Waals surface area contributed by atoms with Gasteiger partial charge in [-0.3, -0.25) is 0 Å². The molecule has 0 aliphatic rings. The van der Waals surface area contributed by atoms with Crippen molar-refractivity contribution in [2.45, 2.75) is 20.8 Å². The van der Waals surface area contributed by atoms with E-state index in [1.807, 2.05) is 20.8 Å². The van der Waals surface area contributed by atoms with Gasteiger partial charge in [-0.05, 0) is 38.5 Å². The number of benzene rings is 1. The molecule has 0 fully saturated rings. The molecule has 0 spiro atoms. The molecule has 1 aromatic carbocycles. The van der Waals surface area contributed by atoms with Crippen LogP contribution in [0, 0.1) is 13.8 Å². The molecule has 0 saturated heterocycles. The SMILES string of the molecule is CCOc1cc(/C=N/n2c(C)nnc2C)cc(Cl)c1O. The van der Waals surface area contributed by atoms with Crippen molar-refractivity contribution in [3.8, 4) is 11.5 Å². The Labute approximate surface area is 121 Å². The molecule has 1 N–H and O–H groups in total. The number of rotatable bonds is 4. The van der Waals surface area contributed by atoms with Crippen LogP contribution in [0.3, 0.4) is 0 Å². The number of ether oxygens (including phenoxy) is 1. The van der Waals surface area contributed by atoms with Crippen molar-refractivity contribution in [2.24, 2.45) is 5.10 Å². The van der Waals surface area contributed by atoms with Gasteiger partial charge in [-0.25, -0.2) is 4.68 Å². The molecule has 0 amide bonds. The first-order valence-corrected chi connectivity index (χ1v) is 6.49. The van der Waals surface area contributed by atoms with E-state index < -0.39 is 0 Å². The van der Waals surface area contributed by atoms with Gasteiger partial charge in [0, 0.05) is 0 Å². The van der Waals surface area contributed by atoms with Gasteiger partial charge in [0.1, 0.15) is 0 Å². The smallest absolute Gasteiger partial charge is 0.176 e. The Kier molecular flexibility index (Phi) is 4.24. The maximum absolute atomic E-state index is 9.77. The summed E-state index contributed by atoms with van der Waals surface area (Å²) in [6.45, 7) is 5.89. The minimum atomic E-state index is -0.0673. The predicted octanol–water partition coefficient (Wildman–Crippen LogP) is 2.53. The number of nitrogens with zero attached hydrogens (tertiary/aromatic N) is 4. The number of hydrogen-bond donors (Lipinski definition) is 1. The van der Waals surface area contributed by atoms with Gasteiger partial charge in [0.05, 0.1) is 17.8 Å². The van der Waals surface area contributed by atoms with E-state index in [4.69, 9.17) is 16.3 Å². The maximum Gasteiger partial charge on any atom is 0.176 e. The van der Waals surface area contributed by atoms with Crippen molar-refractivity contribution in [1.82, 2.24) is 14.9 Å². The molecule has 1 aromatic heterocycles. The third-order valence-corrected chi connectivity index (χ3v) is 2.91. The van der Waals surface area contributed by atoms with Gasteiger partial charge in [-0.2, -0.15) is 5.10 Å². The fourth-order valence-electron chi connectivity index (χ4n) is 1.69. The molecule has 1 heterocycles. The molecule has 106 valence electrons. The number of phenolic OH excluding ortho intramolecular Hbond substituents is 1. The molecular formula is C13H15ClN4O2. The van der Waals surface area contributed by atoms with E-state index in [1.54, 1.807) is 23.0 Å². The third-order valence-electron chi connectivity index (χ3n) is 2.63. The van der Waals surface area contributed by atoms with Crippen LogP contribution in [0.2, 0.25) is 5.02 Å². The normalized spacial score (nSPS) is 11.2. The Hall–Kier alpha value is -2.08. The number of aryl methyl sites for hydroxylation is 2. The van der Waals surface area contributed by atoms with Crippen LogP contribution in [0.4, 0.5) is 0 Å². The molecule has 0 radical (unpaired) electrons. The molecule has 6 nitrogen and oxygen atoms in total. The summed E-state index contributed by atoms with van der Waals surface area (Å²) >= 11 is 5.95. The van der Waals surface area contributed by atoms with Crippen molar-refractivity contribution < 1.29 is 9.84 Å². The summed E-state index contributed by atoms with van der Waals surface area (Å²) in [6.07, 6.45) is 1.61. The predicted molar refractivity (Wildman–Crippen MR) is 76.8 cm³/mol. The summed E-state index contributed by atoms with van der Waals surface area (Å²) < 4.78 is 6.93. The lowest BCUT2D eigenvalue weighted by Crippen LogP contribution is -1.97. The lowest BCUT2D eigenvalue weighted by Gasteiger charge is -2.08. The minimum absolute atomic E-state index is 0.0673. The fraction of sp³-hybridized carbons (Fsp3) is 0.308. The highest BCUT2D eigenvalue weighted by molar-refractivity contribution is 6.32. The van der Waals surface area contributed by atoms with Crippen LogP contribution >= 0.6 is 11.6 Å². The lowest BCUT2D eigenvalue weighted by molar-refractivity contribution is 0.318. The molecule has 0 aliphatic carbocycles. The minimum Gasteiger partial charge on any atom is -0.503 e. The number of phenols is 1. The van der Waals surface area contributed by atoms with Gasteiger partial charge in [-0.1, -0.05) is 11.6 Å². The number of halogens is 1. The lowest BCUT2D eigenvalue weighted by atomic mass is 10.2. The molecule has 7 heteroatoms. The average molecular weight is 295 g/mol. The average Bonchev–Trinajstić information content (AvgIpc) is 2.72. The van der Waals surface area contributed by atoms with Crippen LogP contribution in [0.5, 0.6) is 11.5 Å². The Balaban J connectivity index is 2.34. The van der Waals surface area contributed by atoms with Crippen LogP contribution < -0.4 is 4.74 Å². The molecular weight excluding hydrogens is 280 g/mol. The van der Waals surface area contributed by atoms with Crippen LogP contribution in [0.1, 0.15) is 24.1 Å². The topological polar surface area (TPSA) is 72.5 Å². The molecule has 0 atom stereocenters. The van der Waals surface area contributed by atoms with Crippen LogP contribution in [-0.2, 0) is 0 Å². The summed E-state index contributed by atoms with van der Waals surface area (Å²) in [5.41, 5.74) is 0.712. The molecule has 0 aliphatic heterocycles. The first-order valence-electron chi connectivity index (χ1n) is 6.11. The first-order chi connectivity index (χ1) is 9.52. The zero-order chi connectivity index (χ0) is 14.7. The van der Waals surface area contributed by atoms with E-state index in [2.05, 4.69) is 15.3 Å². The monoisotopic (exact) mass is 294 g/mol. The summed E-state index contributed by atoms with van der Waals surface area (Å²) in [5, 5.41) is 22.1. The summed E-state index contributed by atoms with van der Waals surface area (Å²) in [7, 11) is 0. The number of hydrogen-bond acceptors (Lipinski definition) is 5.